The summed E-state index contributed by atoms with van der Waals surface area (Å²) in [6, 6.07) is 0. The third-order valence-corrected chi connectivity index (χ3v) is 1.88. The molecule has 0 aromatic carbocycles. The van der Waals surface area contributed by atoms with Gasteiger partial charge in [-0.05, 0) is 6.42 Å². The van der Waals surface area contributed by atoms with Gasteiger partial charge >= 0.3 is 5.97 Å². The van der Waals surface area contributed by atoms with Crippen molar-refractivity contribution in [2.45, 2.75) is 19.8 Å². The Kier molecular flexibility index (Phi) is 6.22. The van der Waals surface area contributed by atoms with E-state index in [9.17, 15) is 4.79 Å². The number of alkyl halides is 1. The number of halogens is 1. The number of carbonyl (C=O) groups excluding carboxylic acids is 1. The van der Waals surface area contributed by atoms with Gasteiger partial charge in [-0.2, -0.15) is 0 Å². The predicted octanol–water partition coefficient (Wildman–Crippen LogP) is 2.28. The second-order valence-corrected chi connectivity index (χ2v) is 2.70. The van der Waals surface area contributed by atoms with E-state index in [1.807, 2.05) is 6.08 Å². The highest BCUT2D eigenvalue weighted by molar-refractivity contribution is 9.09. The van der Waals surface area contributed by atoms with Crippen molar-refractivity contribution in [2.24, 2.45) is 0 Å². The van der Waals surface area contributed by atoms with Gasteiger partial charge in [0.15, 0.2) is 0 Å². The zero-order chi connectivity index (χ0) is 8.69. The summed E-state index contributed by atoms with van der Waals surface area (Å²) >= 11 is 3.22. The van der Waals surface area contributed by atoms with Crippen LogP contribution in [0.1, 0.15) is 19.8 Å². The molecule has 0 aliphatic carbocycles. The number of rotatable bonds is 4. The van der Waals surface area contributed by atoms with Crippen LogP contribution in [-0.4, -0.2) is 18.4 Å². The molecule has 0 saturated heterocycles. The SMILES string of the molecule is CCC/C=C(\CBr)C(=O)OC. The number of unbranched alkanes of at least 4 members (excludes halogenated alkanes) is 1. The molecule has 0 aliphatic rings. The highest BCUT2D eigenvalue weighted by atomic mass is 79.9. The summed E-state index contributed by atoms with van der Waals surface area (Å²) in [4.78, 5) is 10.9. The number of methoxy groups -OCH3 is 1. The van der Waals surface area contributed by atoms with E-state index in [1.54, 1.807) is 0 Å². The van der Waals surface area contributed by atoms with Gasteiger partial charge in [0.2, 0.25) is 0 Å². The highest BCUT2D eigenvalue weighted by Crippen LogP contribution is 2.04. The second-order valence-electron chi connectivity index (χ2n) is 2.14. The summed E-state index contributed by atoms with van der Waals surface area (Å²) in [6.45, 7) is 2.07. The fraction of sp³-hybridized carbons (Fsp3) is 0.625. The van der Waals surface area contributed by atoms with Crippen LogP contribution in [0.2, 0.25) is 0 Å². The lowest BCUT2D eigenvalue weighted by molar-refractivity contribution is -0.135. The Morgan fingerprint density at radius 2 is 2.27 bits per heavy atom. The van der Waals surface area contributed by atoms with Gasteiger partial charge in [0.05, 0.1) is 7.11 Å². The Balaban J connectivity index is 4.03. The van der Waals surface area contributed by atoms with E-state index in [4.69, 9.17) is 0 Å². The third kappa shape index (κ3) is 4.19. The number of allylic oxidation sites excluding steroid dienone is 1. The van der Waals surface area contributed by atoms with Crippen molar-refractivity contribution in [1.29, 1.82) is 0 Å². The topological polar surface area (TPSA) is 26.3 Å². The summed E-state index contributed by atoms with van der Waals surface area (Å²) in [6.07, 6.45) is 3.88. The fourth-order valence-electron chi connectivity index (χ4n) is 0.642. The van der Waals surface area contributed by atoms with Crippen LogP contribution in [0.5, 0.6) is 0 Å². The van der Waals surface area contributed by atoms with Gasteiger partial charge in [0, 0.05) is 10.9 Å². The molecule has 64 valence electrons. The molecular formula is C8H13BrO2. The minimum atomic E-state index is -0.240. The minimum Gasteiger partial charge on any atom is -0.466 e. The van der Waals surface area contributed by atoms with Crippen LogP contribution in [0, 0.1) is 0 Å². The Labute approximate surface area is 75.7 Å². The molecule has 0 aromatic heterocycles. The minimum absolute atomic E-state index is 0.240. The monoisotopic (exact) mass is 220 g/mol. The molecular weight excluding hydrogens is 208 g/mol. The van der Waals surface area contributed by atoms with E-state index in [-0.39, 0.29) is 5.97 Å². The number of carbonyl (C=O) groups is 1. The molecule has 11 heavy (non-hydrogen) atoms. The van der Waals surface area contributed by atoms with Crippen molar-refractivity contribution < 1.29 is 9.53 Å². The van der Waals surface area contributed by atoms with Crippen molar-refractivity contribution in [3.63, 3.8) is 0 Å². The molecule has 0 aromatic rings. The maximum atomic E-state index is 10.9. The molecule has 2 nitrogen and oxygen atoms in total. The van der Waals surface area contributed by atoms with E-state index in [0.29, 0.717) is 10.9 Å². The molecule has 0 N–H and O–H groups in total. The highest BCUT2D eigenvalue weighted by Gasteiger charge is 2.05. The van der Waals surface area contributed by atoms with Crippen molar-refractivity contribution in [2.75, 3.05) is 12.4 Å². The van der Waals surface area contributed by atoms with Crippen molar-refractivity contribution in [3.05, 3.63) is 11.6 Å². The Hall–Kier alpha value is -0.310. The molecule has 0 heterocycles. The second kappa shape index (κ2) is 6.40. The standard InChI is InChI=1S/C8H13BrO2/c1-3-4-5-7(6-9)8(10)11-2/h5H,3-4,6H2,1-2H3/b7-5+. The smallest absolute Gasteiger partial charge is 0.334 e. The van der Waals surface area contributed by atoms with Gasteiger partial charge in [-0.25, -0.2) is 4.79 Å². The lowest BCUT2D eigenvalue weighted by atomic mass is 10.2. The van der Waals surface area contributed by atoms with Crippen LogP contribution in [0.15, 0.2) is 11.6 Å². The first-order valence-corrected chi connectivity index (χ1v) is 4.71. The van der Waals surface area contributed by atoms with E-state index in [0.717, 1.165) is 12.8 Å². The fourth-order valence-corrected chi connectivity index (χ4v) is 1.10. The normalized spacial score (nSPS) is 11.4. The van der Waals surface area contributed by atoms with Gasteiger partial charge in [-0.1, -0.05) is 35.4 Å². The van der Waals surface area contributed by atoms with Crippen LogP contribution in [0.3, 0.4) is 0 Å². The maximum Gasteiger partial charge on any atom is 0.334 e. The summed E-state index contributed by atoms with van der Waals surface area (Å²) in [5.41, 5.74) is 0.703. The number of ether oxygens (including phenoxy) is 1. The molecule has 0 aliphatic heterocycles. The van der Waals surface area contributed by atoms with E-state index < -0.39 is 0 Å². The number of hydrogen-bond acceptors (Lipinski definition) is 2. The molecule has 0 fully saturated rings. The molecule has 0 unspecified atom stereocenters. The first kappa shape index (κ1) is 10.7. The average Bonchev–Trinajstić information content (AvgIpc) is 2.05. The van der Waals surface area contributed by atoms with Gasteiger partial charge < -0.3 is 4.74 Å². The van der Waals surface area contributed by atoms with Crippen LogP contribution in [-0.2, 0) is 9.53 Å². The quantitative estimate of drug-likeness (QED) is 0.413. The lowest BCUT2D eigenvalue weighted by Gasteiger charge is -1.99. The molecule has 0 atom stereocenters. The molecule has 0 bridgehead atoms. The van der Waals surface area contributed by atoms with Gasteiger partial charge in [-0.3, -0.25) is 0 Å². The Bertz CT molecular complexity index is 152. The van der Waals surface area contributed by atoms with Gasteiger partial charge in [-0.15, -0.1) is 0 Å². The van der Waals surface area contributed by atoms with E-state index in [2.05, 4.69) is 27.6 Å². The average molecular weight is 221 g/mol. The molecule has 0 saturated carbocycles. The van der Waals surface area contributed by atoms with Crippen molar-refractivity contribution in [1.82, 2.24) is 0 Å². The van der Waals surface area contributed by atoms with Crippen molar-refractivity contribution >= 4 is 21.9 Å². The first-order chi connectivity index (χ1) is 5.26. The molecule has 3 heteroatoms. The maximum absolute atomic E-state index is 10.9. The third-order valence-electron chi connectivity index (χ3n) is 1.27. The Morgan fingerprint density at radius 1 is 1.64 bits per heavy atom. The van der Waals surface area contributed by atoms with E-state index in [1.165, 1.54) is 7.11 Å². The van der Waals surface area contributed by atoms with E-state index >= 15 is 0 Å². The molecule has 0 amide bonds. The summed E-state index contributed by atoms with van der Waals surface area (Å²) in [5.74, 6) is -0.240. The van der Waals surface area contributed by atoms with Crippen LogP contribution in [0.25, 0.3) is 0 Å². The zero-order valence-electron chi connectivity index (χ0n) is 6.89. The summed E-state index contributed by atoms with van der Waals surface area (Å²) < 4.78 is 4.56. The molecule has 0 radical (unpaired) electrons. The van der Waals surface area contributed by atoms with Crippen LogP contribution in [0.4, 0.5) is 0 Å². The summed E-state index contributed by atoms with van der Waals surface area (Å²) in [5, 5.41) is 0.569. The first-order valence-electron chi connectivity index (χ1n) is 3.59. The van der Waals surface area contributed by atoms with Crippen LogP contribution < -0.4 is 0 Å². The zero-order valence-corrected chi connectivity index (χ0v) is 8.48. The lowest BCUT2D eigenvalue weighted by Crippen LogP contribution is -2.05. The van der Waals surface area contributed by atoms with Gasteiger partial charge in [0.1, 0.15) is 0 Å². The Morgan fingerprint density at radius 3 is 2.64 bits per heavy atom. The largest absolute Gasteiger partial charge is 0.466 e. The molecule has 0 spiro atoms. The van der Waals surface area contributed by atoms with Crippen LogP contribution >= 0.6 is 15.9 Å². The van der Waals surface area contributed by atoms with Crippen molar-refractivity contribution in [3.8, 4) is 0 Å². The number of esters is 1. The number of hydrogen-bond donors (Lipinski definition) is 0. The predicted molar refractivity (Wildman–Crippen MR) is 48.8 cm³/mol. The van der Waals surface area contributed by atoms with Gasteiger partial charge in [0.25, 0.3) is 0 Å². The molecule has 0 rings (SSSR count). The summed E-state index contributed by atoms with van der Waals surface area (Å²) in [7, 11) is 1.39.